The molecule has 0 aliphatic rings. The molecule has 0 heterocycles. The number of phenolic OH excluding ortho intramolecular Hbond substituents is 1. The fourth-order valence-corrected chi connectivity index (χ4v) is 2.15. The average Bonchev–Trinajstić information content (AvgIpc) is 2.51. The molecule has 2 aromatic carbocycles. The Bertz CT molecular complexity index is 569. The maximum absolute atomic E-state index is 9.52. The highest BCUT2D eigenvalue weighted by Crippen LogP contribution is 2.19. The third-order valence-electron chi connectivity index (χ3n) is 3.35. The molecule has 1 atom stereocenters. The zero-order valence-corrected chi connectivity index (χ0v) is 12.7. The zero-order valence-electron chi connectivity index (χ0n) is 12.7. The minimum Gasteiger partial charge on any atom is -0.508 e. The summed E-state index contributed by atoms with van der Waals surface area (Å²) in [7, 11) is 0. The van der Waals surface area contributed by atoms with Crippen molar-refractivity contribution in [3.63, 3.8) is 0 Å². The van der Waals surface area contributed by atoms with Crippen LogP contribution in [0.25, 0.3) is 0 Å². The Hall–Kier alpha value is -2.00. The lowest BCUT2D eigenvalue weighted by atomic mass is 10.1. The third kappa shape index (κ3) is 4.80. The van der Waals surface area contributed by atoms with Crippen molar-refractivity contribution in [2.75, 3.05) is 6.61 Å². The molecule has 3 heteroatoms. The Balaban J connectivity index is 1.93. The van der Waals surface area contributed by atoms with Gasteiger partial charge in [0.15, 0.2) is 0 Å². The van der Waals surface area contributed by atoms with Crippen LogP contribution in [0.5, 0.6) is 11.5 Å². The molecular formula is C18H23NO2. The largest absolute Gasteiger partial charge is 0.508 e. The standard InChI is InChI=1S/C18H23NO2/c1-3-10-21-18-9-4-6-15(11-18)13-19-14(2)16-7-5-8-17(20)12-16/h4-9,11-12,14,19-20H,3,10,13H2,1-2H3. The first-order valence-electron chi connectivity index (χ1n) is 7.43. The highest BCUT2D eigenvalue weighted by molar-refractivity contribution is 5.30. The van der Waals surface area contributed by atoms with E-state index in [4.69, 9.17) is 4.74 Å². The molecule has 0 bridgehead atoms. The minimum absolute atomic E-state index is 0.178. The van der Waals surface area contributed by atoms with E-state index >= 15 is 0 Å². The van der Waals surface area contributed by atoms with Gasteiger partial charge in [0.05, 0.1) is 6.61 Å². The van der Waals surface area contributed by atoms with Crippen LogP contribution in [0.4, 0.5) is 0 Å². The lowest BCUT2D eigenvalue weighted by molar-refractivity contribution is 0.317. The van der Waals surface area contributed by atoms with Gasteiger partial charge in [-0.2, -0.15) is 0 Å². The molecule has 0 fully saturated rings. The second kappa shape index (κ2) is 7.70. The van der Waals surface area contributed by atoms with E-state index in [1.54, 1.807) is 12.1 Å². The van der Waals surface area contributed by atoms with Crippen LogP contribution in [-0.2, 0) is 6.54 Å². The van der Waals surface area contributed by atoms with E-state index in [0.29, 0.717) is 5.75 Å². The highest BCUT2D eigenvalue weighted by atomic mass is 16.5. The number of benzene rings is 2. The molecular weight excluding hydrogens is 262 g/mol. The summed E-state index contributed by atoms with van der Waals surface area (Å²) in [5.41, 5.74) is 2.27. The molecule has 0 amide bonds. The number of hydrogen-bond acceptors (Lipinski definition) is 3. The Kier molecular flexibility index (Phi) is 5.64. The summed E-state index contributed by atoms with van der Waals surface area (Å²) in [4.78, 5) is 0. The van der Waals surface area contributed by atoms with Crippen molar-refractivity contribution < 1.29 is 9.84 Å². The summed E-state index contributed by atoms with van der Waals surface area (Å²) in [6.07, 6.45) is 1.01. The Morgan fingerprint density at radius 1 is 1.14 bits per heavy atom. The molecule has 0 saturated carbocycles. The maximum atomic E-state index is 9.52. The molecule has 0 saturated heterocycles. The minimum atomic E-state index is 0.178. The van der Waals surface area contributed by atoms with Gasteiger partial charge in [0.1, 0.15) is 11.5 Å². The van der Waals surface area contributed by atoms with Crippen LogP contribution < -0.4 is 10.1 Å². The first kappa shape index (κ1) is 15.4. The lowest BCUT2D eigenvalue weighted by Gasteiger charge is -2.15. The quantitative estimate of drug-likeness (QED) is 0.807. The fourth-order valence-electron chi connectivity index (χ4n) is 2.15. The van der Waals surface area contributed by atoms with Crippen molar-refractivity contribution in [3.8, 4) is 11.5 Å². The third-order valence-corrected chi connectivity index (χ3v) is 3.35. The summed E-state index contributed by atoms with van der Waals surface area (Å²) < 4.78 is 5.64. The van der Waals surface area contributed by atoms with Crippen LogP contribution in [0.1, 0.15) is 37.4 Å². The van der Waals surface area contributed by atoms with Gasteiger partial charge in [-0.1, -0.05) is 31.2 Å². The number of rotatable bonds is 7. The Labute approximate surface area is 126 Å². The molecule has 21 heavy (non-hydrogen) atoms. The van der Waals surface area contributed by atoms with Crippen LogP contribution >= 0.6 is 0 Å². The van der Waals surface area contributed by atoms with Gasteiger partial charge >= 0.3 is 0 Å². The summed E-state index contributed by atoms with van der Waals surface area (Å²) in [5.74, 6) is 1.22. The van der Waals surface area contributed by atoms with Gasteiger partial charge in [0, 0.05) is 12.6 Å². The molecule has 2 rings (SSSR count). The molecule has 1 unspecified atom stereocenters. The van der Waals surface area contributed by atoms with E-state index in [0.717, 1.165) is 30.9 Å². The normalized spacial score (nSPS) is 12.1. The van der Waals surface area contributed by atoms with Gasteiger partial charge < -0.3 is 15.2 Å². The number of nitrogens with one attached hydrogen (secondary N) is 1. The number of aromatic hydroxyl groups is 1. The van der Waals surface area contributed by atoms with Gasteiger partial charge in [-0.05, 0) is 48.7 Å². The molecule has 2 aromatic rings. The molecule has 0 radical (unpaired) electrons. The van der Waals surface area contributed by atoms with Crippen LogP contribution in [0, 0.1) is 0 Å². The smallest absolute Gasteiger partial charge is 0.119 e. The van der Waals surface area contributed by atoms with Crippen LogP contribution in [0.3, 0.4) is 0 Å². The Morgan fingerprint density at radius 2 is 1.95 bits per heavy atom. The fraction of sp³-hybridized carbons (Fsp3) is 0.333. The van der Waals surface area contributed by atoms with Crippen molar-refractivity contribution in [1.29, 1.82) is 0 Å². The zero-order chi connectivity index (χ0) is 15.1. The van der Waals surface area contributed by atoms with E-state index in [9.17, 15) is 5.11 Å². The summed E-state index contributed by atoms with van der Waals surface area (Å²) in [5, 5.41) is 13.0. The van der Waals surface area contributed by atoms with Crippen LogP contribution in [0.15, 0.2) is 48.5 Å². The predicted molar refractivity (Wildman–Crippen MR) is 85.6 cm³/mol. The Morgan fingerprint density at radius 3 is 2.71 bits per heavy atom. The van der Waals surface area contributed by atoms with Gasteiger partial charge in [0.2, 0.25) is 0 Å². The van der Waals surface area contributed by atoms with Crippen molar-refractivity contribution >= 4 is 0 Å². The summed E-state index contributed by atoms with van der Waals surface area (Å²) in [6, 6.07) is 15.7. The first-order valence-corrected chi connectivity index (χ1v) is 7.43. The summed E-state index contributed by atoms with van der Waals surface area (Å²) >= 11 is 0. The average molecular weight is 285 g/mol. The monoisotopic (exact) mass is 285 g/mol. The SMILES string of the molecule is CCCOc1cccc(CNC(C)c2cccc(O)c2)c1. The predicted octanol–water partition coefficient (Wildman–Crippen LogP) is 4.03. The molecule has 0 aromatic heterocycles. The van der Waals surface area contributed by atoms with Crippen LogP contribution in [-0.4, -0.2) is 11.7 Å². The van der Waals surface area contributed by atoms with Crippen LogP contribution in [0.2, 0.25) is 0 Å². The highest BCUT2D eigenvalue weighted by Gasteiger charge is 2.06. The second-order valence-corrected chi connectivity index (χ2v) is 5.19. The van der Waals surface area contributed by atoms with E-state index in [-0.39, 0.29) is 6.04 Å². The first-order chi connectivity index (χ1) is 10.2. The van der Waals surface area contributed by atoms with E-state index in [1.165, 1.54) is 5.56 Å². The molecule has 3 nitrogen and oxygen atoms in total. The number of ether oxygens (including phenoxy) is 1. The second-order valence-electron chi connectivity index (χ2n) is 5.19. The molecule has 0 aliphatic carbocycles. The van der Waals surface area contributed by atoms with Gasteiger partial charge in [-0.25, -0.2) is 0 Å². The van der Waals surface area contributed by atoms with Gasteiger partial charge in [-0.3, -0.25) is 0 Å². The van der Waals surface area contributed by atoms with E-state index < -0.39 is 0 Å². The van der Waals surface area contributed by atoms with Gasteiger partial charge in [-0.15, -0.1) is 0 Å². The van der Waals surface area contributed by atoms with Crippen molar-refractivity contribution in [2.24, 2.45) is 0 Å². The molecule has 2 N–H and O–H groups in total. The van der Waals surface area contributed by atoms with E-state index in [1.807, 2.05) is 24.3 Å². The van der Waals surface area contributed by atoms with E-state index in [2.05, 4.69) is 31.3 Å². The lowest BCUT2D eigenvalue weighted by Crippen LogP contribution is -2.18. The van der Waals surface area contributed by atoms with Crippen molar-refractivity contribution in [3.05, 3.63) is 59.7 Å². The number of phenols is 1. The number of hydrogen-bond donors (Lipinski definition) is 2. The molecule has 0 aliphatic heterocycles. The van der Waals surface area contributed by atoms with Crippen molar-refractivity contribution in [2.45, 2.75) is 32.9 Å². The maximum Gasteiger partial charge on any atom is 0.119 e. The summed E-state index contributed by atoms with van der Waals surface area (Å²) in [6.45, 7) is 5.70. The topological polar surface area (TPSA) is 41.5 Å². The molecule has 112 valence electrons. The van der Waals surface area contributed by atoms with Gasteiger partial charge in [0.25, 0.3) is 0 Å². The van der Waals surface area contributed by atoms with Crippen molar-refractivity contribution in [1.82, 2.24) is 5.32 Å². The molecule has 0 spiro atoms.